The molecule has 2 rings (SSSR count). The molecule has 0 saturated heterocycles. The molecule has 1 aliphatic rings. The molecule has 0 saturated carbocycles. The summed E-state index contributed by atoms with van der Waals surface area (Å²) in [6.45, 7) is 0.864. The quantitative estimate of drug-likeness (QED) is 0.924. The molecule has 90 valence electrons. The Balaban J connectivity index is 1.78. The zero-order valence-corrected chi connectivity index (χ0v) is 12.1. The molecule has 2 heterocycles. The number of anilines is 1. The molecule has 1 aliphatic heterocycles. The van der Waals surface area contributed by atoms with E-state index in [1.807, 2.05) is 6.07 Å². The molecule has 0 aliphatic carbocycles. The summed E-state index contributed by atoms with van der Waals surface area (Å²) in [6.07, 6.45) is 1.65. The number of pyridine rings is 1. The van der Waals surface area contributed by atoms with Crippen LogP contribution in [0.25, 0.3) is 0 Å². The normalized spacial score (nSPS) is 14.5. The van der Waals surface area contributed by atoms with E-state index in [9.17, 15) is 4.79 Å². The summed E-state index contributed by atoms with van der Waals surface area (Å²) in [5.41, 5.74) is 0. The number of rotatable bonds is 3. The summed E-state index contributed by atoms with van der Waals surface area (Å²) in [5, 5.41) is 2.74. The van der Waals surface area contributed by atoms with Crippen LogP contribution in [0.4, 0.5) is 5.82 Å². The highest BCUT2D eigenvalue weighted by molar-refractivity contribution is 9.10. The van der Waals surface area contributed by atoms with Crippen molar-refractivity contribution in [2.75, 3.05) is 23.4 Å². The maximum atomic E-state index is 11.6. The van der Waals surface area contributed by atoms with Crippen molar-refractivity contribution in [3.63, 3.8) is 0 Å². The summed E-state index contributed by atoms with van der Waals surface area (Å²) >= 11 is 6.47. The van der Waals surface area contributed by atoms with Crippen molar-refractivity contribution in [3.05, 3.63) is 22.8 Å². The van der Waals surface area contributed by atoms with Gasteiger partial charge < -0.3 is 5.32 Å². The first-order valence-corrected chi connectivity index (χ1v) is 7.72. The van der Waals surface area contributed by atoms with Crippen molar-refractivity contribution in [2.24, 2.45) is 4.99 Å². The molecule has 4 nitrogen and oxygen atoms in total. The van der Waals surface area contributed by atoms with Crippen molar-refractivity contribution < 1.29 is 4.79 Å². The summed E-state index contributed by atoms with van der Waals surface area (Å²) in [4.78, 5) is 19.9. The number of halogens is 1. The molecule has 1 amide bonds. The van der Waals surface area contributed by atoms with Crippen molar-refractivity contribution in [3.8, 4) is 0 Å². The molecule has 1 N–H and O–H groups in total. The number of amides is 1. The predicted octanol–water partition coefficient (Wildman–Crippen LogP) is 2.62. The van der Waals surface area contributed by atoms with Crippen LogP contribution in [0.1, 0.15) is 0 Å². The Labute approximate surface area is 116 Å². The molecule has 0 aromatic carbocycles. The van der Waals surface area contributed by atoms with Gasteiger partial charge in [0, 0.05) is 16.4 Å². The first-order valence-electron chi connectivity index (χ1n) is 4.95. The van der Waals surface area contributed by atoms with Gasteiger partial charge in [-0.3, -0.25) is 9.79 Å². The zero-order valence-electron chi connectivity index (χ0n) is 8.85. The molecular formula is C10H10BrN3OS2. The molecule has 7 heteroatoms. The Kier molecular flexibility index (Phi) is 4.87. The van der Waals surface area contributed by atoms with E-state index in [4.69, 9.17) is 0 Å². The second-order valence-corrected chi connectivity index (χ2v) is 6.42. The molecule has 0 unspecified atom stereocenters. The molecule has 0 atom stereocenters. The average Bonchev–Trinajstić information content (AvgIpc) is 2.83. The Hall–Kier alpha value is -0.530. The van der Waals surface area contributed by atoms with Gasteiger partial charge in [-0.1, -0.05) is 23.5 Å². The van der Waals surface area contributed by atoms with E-state index < -0.39 is 0 Å². The Bertz CT molecular complexity index is 436. The molecular weight excluding hydrogens is 322 g/mol. The topological polar surface area (TPSA) is 54.4 Å². The van der Waals surface area contributed by atoms with Crippen LogP contribution in [0, 0.1) is 0 Å². The van der Waals surface area contributed by atoms with Crippen LogP contribution in [0.2, 0.25) is 0 Å². The lowest BCUT2D eigenvalue weighted by molar-refractivity contribution is -0.113. The van der Waals surface area contributed by atoms with Crippen LogP contribution in [0.3, 0.4) is 0 Å². The van der Waals surface area contributed by atoms with E-state index in [1.165, 1.54) is 11.8 Å². The van der Waals surface area contributed by atoms with Crippen molar-refractivity contribution in [2.45, 2.75) is 0 Å². The number of nitrogens with one attached hydrogen (secondary N) is 1. The maximum Gasteiger partial charge on any atom is 0.235 e. The number of aromatic nitrogens is 1. The first-order chi connectivity index (χ1) is 8.24. The molecule has 1 aromatic heterocycles. The van der Waals surface area contributed by atoms with Gasteiger partial charge in [-0.25, -0.2) is 4.98 Å². The smallest absolute Gasteiger partial charge is 0.235 e. The Morgan fingerprint density at radius 1 is 1.59 bits per heavy atom. The SMILES string of the molecule is O=C(CSC1=NCCS1)Nc1ccc(Br)cn1. The van der Waals surface area contributed by atoms with Crippen molar-refractivity contribution >= 4 is 55.6 Å². The second-order valence-electron chi connectivity index (χ2n) is 3.19. The fourth-order valence-electron chi connectivity index (χ4n) is 1.16. The average molecular weight is 332 g/mol. The molecule has 0 spiro atoms. The molecule has 0 fully saturated rings. The summed E-state index contributed by atoms with van der Waals surface area (Å²) in [5.74, 6) is 1.92. The number of aliphatic imine (C=N–C) groups is 1. The van der Waals surface area contributed by atoms with Crippen LogP contribution in [-0.2, 0) is 4.79 Å². The summed E-state index contributed by atoms with van der Waals surface area (Å²) in [6, 6.07) is 3.60. The number of hydrogen-bond acceptors (Lipinski definition) is 5. The minimum Gasteiger partial charge on any atom is -0.310 e. The van der Waals surface area contributed by atoms with Gasteiger partial charge >= 0.3 is 0 Å². The third-order valence-corrected chi connectivity index (χ3v) is 4.60. The van der Waals surface area contributed by atoms with Gasteiger partial charge in [0.05, 0.1) is 12.3 Å². The van der Waals surface area contributed by atoms with Gasteiger partial charge in [-0.2, -0.15) is 0 Å². The number of carbonyl (C=O) groups is 1. The van der Waals surface area contributed by atoms with Crippen LogP contribution >= 0.6 is 39.5 Å². The van der Waals surface area contributed by atoms with E-state index in [0.29, 0.717) is 11.6 Å². The van der Waals surface area contributed by atoms with Crippen LogP contribution in [0.5, 0.6) is 0 Å². The highest BCUT2D eigenvalue weighted by Gasteiger charge is 2.10. The Morgan fingerprint density at radius 2 is 2.47 bits per heavy atom. The fourth-order valence-corrected chi connectivity index (χ4v) is 3.20. The molecule has 0 radical (unpaired) electrons. The molecule has 17 heavy (non-hydrogen) atoms. The minimum absolute atomic E-state index is 0.0555. The third-order valence-electron chi connectivity index (χ3n) is 1.88. The number of hydrogen-bond donors (Lipinski definition) is 1. The van der Waals surface area contributed by atoms with Gasteiger partial charge in [0.25, 0.3) is 0 Å². The van der Waals surface area contributed by atoms with E-state index >= 15 is 0 Å². The standard InChI is InChI=1S/C10H10BrN3OS2/c11-7-1-2-8(13-5-7)14-9(15)6-17-10-12-3-4-16-10/h1-2,5H,3-4,6H2,(H,13,14,15). The molecule has 0 bridgehead atoms. The number of thioether (sulfide) groups is 2. The monoisotopic (exact) mass is 331 g/mol. The highest BCUT2D eigenvalue weighted by Crippen LogP contribution is 2.22. The number of nitrogens with zero attached hydrogens (tertiary/aromatic N) is 2. The lowest BCUT2D eigenvalue weighted by Gasteiger charge is -2.03. The van der Waals surface area contributed by atoms with E-state index in [2.05, 4.69) is 31.2 Å². The van der Waals surface area contributed by atoms with Gasteiger partial charge in [0.2, 0.25) is 5.91 Å². The van der Waals surface area contributed by atoms with E-state index in [-0.39, 0.29) is 5.91 Å². The fraction of sp³-hybridized carbons (Fsp3) is 0.300. The minimum atomic E-state index is -0.0555. The third kappa shape index (κ3) is 4.33. The van der Waals surface area contributed by atoms with Gasteiger partial charge in [0.1, 0.15) is 10.2 Å². The second kappa shape index (κ2) is 6.42. The molecule has 1 aromatic rings. The number of carbonyl (C=O) groups excluding carboxylic acids is 1. The lowest BCUT2D eigenvalue weighted by Crippen LogP contribution is -2.15. The summed E-state index contributed by atoms with van der Waals surface area (Å²) < 4.78 is 1.89. The van der Waals surface area contributed by atoms with E-state index in [1.54, 1.807) is 24.0 Å². The first kappa shape index (κ1) is 12.9. The predicted molar refractivity (Wildman–Crippen MR) is 77.8 cm³/mol. The van der Waals surface area contributed by atoms with Crippen LogP contribution < -0.4 is 5.32 Å². The lowest BCUT2D eigenvalue weighted by atomic mass is 10.4. The highest BCUT2D eigenvalue weighted by atomic mass is 79.9. The Morgan fingerprint density at radius 3 is 3.12 bits per heavy atom. The van der Waals surface area contributed by atoms with Gasteiger partial charge in [-0.15, -0.1) is 0 Å². The zero-order chi connectivity index (χ0) is 12.1. The van der Waals surface area contributed by atoms with E-state index in [0.717, 1.165) is 21.1 Å². The summed E-state index contributed by atoms with van der Waals surface area (Å²) in [7, 11) is 0. The largest absolute Gasteiger partial charge is 0.310 e. The van der Waals surface area contributed by atoms with Crippen LogP contribution in [-0.4, -0.2) is 33.3 Å². The van der Waals surface area contributed by atoms with Crippen LogP contribution in [0.15, 0.2) is 27.8 Å². The van der Waals surface area contributed by atoms with Gasteiger partial charge in [-0.05, 0) is 28.1 Å². The van der Waals surface area contributed by atoms with Gasteiger partial charge in [0.15, 0.2) is 0 Å². The van der Waals surface area contributed by atoms with Crippen molar-refractivity contribution in [1.82, 2.24) is 4.98 Å². The van der Waals surface area contributed by atoms with Crippen molar-refractivity contribution in [1.29, 1.82) is 0 Å². The maximum absolute atomic E-state index is 11.6.